The molecule has 3 heteroatoms. The van der Waals surface area contributed by atoms with E-state index < -0.39 is 0 Å². The van der Waals surface area contributed by atoms with Crippen molar-refractivity contribution in [2.45, 2.75) is 0 Å². The highest BCUT2D eigenvalue weighted by Gasteiger charge is 2.07. The third kappa shape index (κ3) is 1.48. The zero-order chi connectivity index (χ0) is 9.97. The maximum Gasteiger partial charge on any atom is 0.120 e. The van der Waals surface area contributed by atoms with E-state index in [0.717, 1.165) is 17.0 Å². The molecule has 2 rings (SSSR count). The van der Waals surface area contributed by atoms with Gasteiger partial charge in [-0.2, -0.15) is 0 Å². The number of hydrogen-bond donors (Lipinski definition) is 0. The summed E-state index contributed by atoms with van der Waals surface area (Å²) >= 11 is 0. The molecular weight excluding hydrogens is 176 g/mol. The monoisotopic (exact) mass is 188 g/mol. The Morgan fingerprint density at radius 1 is 1.36 bits per heavy atom. The van der Waals surface area contributed by atoms with Crippen LogP contribution in [0.2, 0.25) is 0 Å². The SMILES string of the molecule is COc1ccc2c(c1)N(C)C=CN=C2. The molecule has 0 atom stereocenters. The number of rotatable bonds is 1. The molecule has 72 valence electrons. The first-order chi connectivity index (χ1) is 6.81. The topological polar surface area (TPSA) is 24.8 Å². The minimum atomic E-state index is 0.860. The number of hydrogen-bond acceptors (Lipinski definition) is 3. The van der Waals surface area contributed by atoms with Crippen LogP contribution in [0.3, 0.4) is 0 Å². The maximum absolute atomic E-state index is 5.17. The summed E-state index contributed by atoms with van der Waals surface area (Å²) in [5, 5.41) is 0. The van der Waals surface area contributed by atoms with Gasteiger partial charge in [0, 0.05) is 37.3 Å². The van der Waals surface area contributed by atoms with E-state index in [1.165, 1.54) is 0 Å². The van der Waals surface area contributed by atoms with E-state index >= 15 is 0 Å². The summed E-state index contributed by atoms with van der Waals surface area (Å²) < 4.78 is 5.17. The van der Waals surface area contributed by atoms with Crippen molar-refractivity contribution in [3.8, 4) is 5.75 Å². The second kappa shape index (κ2) is 3.54. The van der Waals surface area contributed by atoms with Crippen LogP contribution in [-0.4, -0.2) is 20.4 Å². The van der Waals surface area contributed by atoms with Crippen molar-refractivity contribution in [1.29, 1.82) is 0 Å². The molecule has 0 unspecified atom stereocenters. The van der Waals surface area contributed by atoms with Gasteiger partial charge < -0.3 is 9.64 Å². The standard InChI is InChI=1S/C11H12N2O/c1-13-6-5-12-8-9-3-4-10(14-2)7-11(9)13/h3-8H,1-2H3. The summed E-state index contributed by atoms with van der Waals surface area (Å²) in [6.07, 6.45) is 5.53. The average molecular weight is 188 g/mol. The third-order valence-electron chi connectivity index (χ3n) is 2.21. The Morgan fingerprint density at radius 2 is 2.21 bits per heavy atom. The van der Waals surface area contributed by atoms with Crippen LogP contribution in [-0.2, 0) is 0 Å². The lowest BCUT2D eigenvalue weighted by Gasteiger charge is -2.15. The molecule has 0 aliphatic carbocycles. The Balaban J connectivity index is 2.52. The van der Waals surface area contributed by atoms with Crippen molar-refractivity contribution in [1.82, 2.24) is 0 Å². The fourth-order valence-electron chi connectivity index (χ4n) is 1.41. The Hall–Kier alpha value is -1.77. The van der Waals surface area contributed by atoms with E-state index in [4.69, 9.17) is 4.74 Å². The van der Waals surface area contributed by atoms with Crippen LogP contribution in [0.1, 0.15) is 5.56 Å². The van der Waals surface area contributed by atoms with E-state index in [1.54, 1.807) is 13.3 Å². The van der Waals surface area contributed by atoms with E-state index in [2.05, 4.69) is 4.99 Å². The number of aliphatic imine (C=N–C) groups is 1. The number of fused-ring (bicyclic) bond motifs is 1. The van der Waals surface area contributed by atoms with Gasteiger partial charge in [-0.25, -0.2) is 0 Å². The third-order valence-corrected chi connectivity index (χ3v) is 2.21. The Kier molecular flexibility index (Phi) is 2.23. The highest BCUT2D eigenvalue weighted by molar-refractivity contribution is 5.90. The van der Waals surface area contributed by atoms with Crippen LogP contribution < -0.4 is 9.64 Å². The quantitative estimate of drug-likeness (QED) is 0.673. The summed E-state index contributed by atoms with van der Waals surface area (Å²) in [6.45, 7) is 0. The van der Waals surface area contributed by atoms with Gasteiger partial charge in [-0.15, -0.1) is 0 Å². The molecule has 0 amide bonds. The molecule has 1 aromatic carbocycles. The maximum atomic E-state index is 5.17. The van der Waals surface area contributed by atoms with Crippen molar-refractivity contribution in [3.05, 3.63) is 36.2 Å². The van der Waals surface area contributed by atoms with E-state index in [1.807, 2.05) is 42.6 Å². The predicted molar refractivity (Wildman–Crippen MR) is 58.1 cm³/mol. The minimum Gasteiger partial charge on any atom is -0.497 e. The smallest absolute Gasteiger partial charge is 0.120 e. The first-order valence-corrected chi connectivity index (χ1v) is 4.42. The molecule has 0 bridgehead atoms. The second-order valence-electron chi connectivity index (χ2n) is 3.11. The molecule has 0 aromatic heterocycles. The Morgan fingerprint density at radius 3 is 3.00 bits per heavy atom. The molecule has 0 saturated heterocycles. The largest absolute Gasteiger partial charge is 0.497 e. The van der Waals surface area contributed by atoms with Gasteiger partial charge in [0.05, 0.1) is 12.8 Å². The summed E-state index contributed by atoms with van der Waals surface area (Å²) in [4.78, 5) is 6.15. The highest BCUT2D eigenvalue weighted by Crippen LogP contribution is 2.25. The molecule has 0 N–H and O–H groups in total. The molecule has 0 spiro atoms. The zero-order valence-electron chi connectivity index (χ0n) is 8.27. The molecule has 1 aliphatic rings. The Labute approximate surface area is 83.3 Å². The molecule has 1 aliphatic heterocycles. The van der Waals surface area contributed by atoms with Crippen LogP contribution in [0.5, 0.6) is 5.75 Å². The lowest BCUT2D eigenvalue weighted by Crippen LogP contribution is -2.09. The van der Waals surface area contributed by atoms with Gasteiger partial charge in [0.1, 0.15) is 5.75 Å². The minimum absolute atomic E-state index is 0.860. The first kappa shape index (κ1) is 8.81. The van der Waals surface area contributed by atoms with Crippen LogP contribution in [0.4, 0.5) is 5.69 Å². The second-order valence-corrected chi connectivity index (χ2v) is 3.11. The van der Waals surface area contributed by atoms with E-state index in [0.29, 0.717) is 0 Å². The van der Waals surface area contributed by atoms with Crippen molar-refractivity contribution in [2.24, 2.45) is 4.99 Å². The molecule has 14 heavy (non-hydrogen) atoms. The summed E-state index contributed by atoms with van der Waals surface area (Å²) in [6, 6.07) is 5.93. The van der Waals surface area contributed by atoms with Gasteiger partial charge in [-0.1, -0.05) is 0 Å². The number of anilines is 1. The predicted octanol–water partition coefficient (Wildman–Crippen LogP) is 2.04. The van der Waals surface area contributed by atoms with E-state index in [9.17, 15) is 0 Å². The van der Waals surface area contributed by atoms with Gasteiger partial charge in [0.2, 0.25) is 0 Å². The lowest BCUT2D eigenvalue weighted by molar-refractivity contribution is 0.415. The number of benzene rings is 1. The highest BCUT2D eigenvalue weighted by atomic mass is 16.5. The number of nitrogens with zero attached hydrogens (tertiary/aromatic N) is 2. The molecule has 0 radical (unpaired) electrons. The van der Waals surface area contributed by atoms with Gasteiger partial charge in [-0.05, 0) is 12.1 Å². The van der Waals surface area contributed by atoms with Gasteiger partial charge in [0.15, 0.2) is 0 Å². The number of methoxy groups -OCH3 is 1. The van der Waals surface area contributed by atoms with Gasteiger partial charge in [0.25, 0.3) is 0 Å². The summed E-state index contributed by atoms with van der Waals surface area (Å²) in [5.41, 5.74) is 2.19. The van der Waals surface area contributed by atoms with Crippen molar-refractivity contribution >= 4 is 11.9 Å². The average Bonchev–Trinajstić information content (AvgIpc) is 2.40. The molecule has 0 fully saturated rings. The number of ether oxygens (including phenoxy) is 1. The molecule has 3 nitrogen and oxygen atoms in total. The fourth-order valence-corrected chi connectivity index (χ4v) is 1.41. The van der Waals surface area contributed by atoms with Crippen molar-refractivity contribution in [3.63, 3.8) is 0 Å². The fraction of sp³-hybridized carbons (Fsp3) is 0.182. The van der Waals surface area contributed by atoms with Gasteiger partial charge >= 0.3 is 0 Å². The van der Waals surface area contributed by atoms with Crippen LogP contribution in [0.25, 0.3) is 0 Å². The Bertz CT molecular complexity index is 396. The van der Waals surface area contributed by atoms with Crippen molar-refractivity contribution < 1.29 is 4.74 Å². The molecular formula is C11H12N2O. The zero-order valence-corrected chi connectivity index (χ0v) is 8.27. The van der Waals surface area contributed by atoms with Crippen molar-refractivity contribution in [2.75, 3.05) is 19.1 Å². The lowest BCUT2D eigenvalue weighted by atomic mass is 10.1. The molecule has 1 heterocycles. The van der Waals surface area contributed by atoms with Crippen LogP contribution in [0, 0.1) is 0 Å². The van der Waals surface area contributed by atoms with Gasteiger partial charge in [-0.3, -0.25) is 4.99 Å². The normalized spacial score (nSPS) is 13.7. The first-order valence-electron chi connectivity index (χ1n) is 4.42. The molecule has 1 aromatic rings. The summed E-state index contributed by atoms with van der Waals surface area (Å²) in [7, 11) is 3.66. The molecule has 0 saturated carbocycles. The summed E-state index contributed by atoms with van der Waals surface area (Å²) in [5.74, 6) is 0.860. The van der Waals surface area contributed by atoms with Crippen LogP contribution >= 0.6 is 0 Å². The van der Waals surface area contributed by atoms with Crippen LogP contribution in [0.15, 0.2) is 35.6 Å². The van der Waals surface area contributed by atoms with E-state index in [-0.39, 0.29) is 0 Å².